The highest BCUT2D eigenvalue weighted by atomic mass is 16.2. The van der Waals surface area contributed by atoms with Crippen molar-refractivity contribution >= 4 is 11.8 Å². The summed E-state index contributed by atoms with van der Waals surface area (Å²) >= 11 is 0. The van der Waals surface area contributed by atoms with Crippen LogP contribution in [-0.2, 0) is 9.59 Å². The number of rotatable bonds is 4. The molecule has 0 radical (unpaired) electrons. The van der Waals surface area contributed by atoms with Gasteiger partial charge in [0.1, 0.15) is 0 Å². The molecule has 15 heavy (non-hydrogen) atoms. The zero-order valence-electron chi connectivity index (χ0n) is 9.72. The topological polar surface area (TPSA) is 46.2 Å². The number of amides is 2. The first-order valence-electron chi connectivity index (χ1n) is 5.63. The second-order valence-electron chi connectivity index (χ2n) is 4.21. The van der Waals surface area contributed by atoms with E-state index in [1.165, 1.54) is 0 Å². The molecule has 2 amide bonds. The summed E-state index contributed by atoms with van der Waals surface area (Å²) in [4.78, 5) is 22.5. The van der Waals surface area contributed by atoms with Gasteiger partial charge in [-0.15, -0.1) is 0 Å². The second kappa shape index (κ2) is 5.10. The van der Waals surface area contributed by atoms with Crippen molar-refractivity contribution in [2.75, 3.05) is 0 Å². The van der Waals surface area contributed by atoms with Crippen LogP contribution in [0.1, 0.15) is 46.5 Å². The van der Waals surface area contributed by atoms with Crippen molar-refractivity contribution in [1.82, 2.24) is 5.32 Å². The van der Waals surface area contributed by atoms with Crippen LogP contribution in [0.15, 0.2) is 11.1 Å². The summed E-state index contributed by atoms with van der Waals surface area (Å²) in [6, 6.07) is 0. The SMILES string of the molecule is CCC(CC(C)CC)=C1CC(=O)NC1=O. The molecule has 1 unspecified atom stereocenters. The maximum absolute atomic E-state index is 11.5. The summed E-state index contributed by atoms with van der Waals surface area (Å²) in [5, 5.41) is 2.34. The molecular formula is C12H19NO2. The number of carbonyl (C=O) groups is 2. The van der Waals surface area contributed by atoms with Gasteiger partial charge < -0.3 is 0 Å². The van der Waals surface area contributed by atoms with E-state index in [0.717, 1.165) is 24.8 Å². The highest BCUT2D eigenvalue weighted by Gasteiger charge is 2.26. The number of allylic oxidation sites excluding steroid dienone is 1. The first-order chi connectivity index (χ1) is 7.08. The lowest BCUT2D eigenvalue weighted by atomic mass is 9.93. The van der Waals surface area contributed by atoms with Crippen LogP contribution in [0.4, 0.5) is 0 Å². The summed E-state index contributed by atoms with van der Waals surface area (Å²) in [6.07, 6.45) is 3.17. The second-order valence-corrected chi connectivity index (χ2v) is 4.21. The Morgan fingerprint density at radius 1 is 1.40 bits per heavy atom. The molecule has 3 heteroatoms. The lowest BCUT2D eigenvalue weighted by molar-refractivity contribution is -0.124. The Balaban J connectivity index is 2.83. The van der Waals surface area contributed by atoms with Gasteiger partial charge in [0.05, 0.1) is 6.42 Å². The fourth-order valence-electron chi connectivity index (χ4n) is 1.82. The smallest absolute Gasteiger partial charge is 0.254 e. The molecular weight excluding hydrogens is 190 g/mol. The van der Waals surface area contributed by atoms with Crippen LogP contribution >= 0.6 is 0 Å². The number of nitrogens with one attached hydrogen (secondary N) is 1. The van der Waals surface area contributed by atoms with E-state index in [4.69, 9.17) is 0 Å². The largest absolute Gasteiger partial charge is 0.292 e. The Labute approximate surface area is 90.9 Å². The van der Waals surface area contributed by atoms with Crippen molar-refractivity contribution in [2.24, 2.45) is 5.92 Å². The average Bonchev–Trinajstić information content (AvgIpc) is 2.54. The number of hydrogen-bond acceptors (Lipinski definition) is 2. The summed E-state index contributed by atoms with van der Waals surface area (Å²) in [5.41, 5.74) is 1.86. The van der Waals surface area contributed by atoms with E-state index >= 15 is 0 Å². The Morgan fingerprint density at radius 2 is 2.07 bits per heavy atom. The van der Waals surface area contributed by atoms with E-state index in [2.05, 4.69) is 19.2 Å². The molecule has 1 aliphatic rings. The highest BCUT2D eigenvalue weighted by Crippen LogP contribution is 2.24. The van der Waals surface area contributed by atoms with Crippen LogP contribution in [0, 0.1) is 5.92 Å². The number of carbonyl (C=O) groups excluding carboxylic acids is 2. The third kappa shape index (κ3) is 2.91. The van der Waals surface area contributed by atoms with Crippen LogP contribution in [0.2, 0.25) is 0 Å². The van der Waals surface area contributed by atoms with E-state index in [0.29, 0.717) is 11.5 Å². The number of hydrogen-bond donors (Lipinski definition) is 1. The molecule has 0 bridgehead atoms. The molecule has 1 rings (SSSR count). The molecule has 1 fully saturated rings. The van der Waals surface area contributed by atoms with Gasteiger partial charge >= 0.3 is 0 Å². The lowest BCUT2D eigenvalue weighted by Crippen LogP contribution is -2.20. The molecule has 0 aromatic heterocycles. The van der Waals surface area contributed by atoms with Gasteiger partial charge in [-0.3, -0.25) is 14.9 Å². The maximum Gasteiger partial charge on any atom is 0.254 e. The molecule has 0 saturated carbocycles. The van der Waals surface area contributed by atoms with Crippen LogP contribution in [0.25, 0.3) is 0 Å². The van der Waals surface area contributed by atoms with Gasteiger partial charge in [-0.05, 0) is 18.8 Å². The van der Waals surface area contributed by atoms with Crippen molar-refractivity contribution in [3.63, 3.8) is 0 Å². The van der Waals surface area contributed by atoms with Crippen molar-refractivity contribution in [2.45, 2.75) is 46.5 Å². The Kier molecular flexibility index (Phi) is 4.06. The first-order valence-corrected chi connectivity index (χ1v) is 5.63. The van der Waals surface area contributed by atoms with E-state index in [1.54, 1.807) is 0 Å². The van der Waals surface area contributed by atoms with Crippen molar-refractivity contribution < 1.29 is 9.59 Å². The molecule has 1 heterocycles. The molecule has 1 atom stereocenters. The normalized spacial score (nSPS) is 21.5. The predicted molar refractivity (Wildman–Crippen MR) is 59.2 cm³/mol. The van der Waals surface area contributed by atoms with Gasteiger partial charge in [-0.1, -0.05) is 32.8 Å². The van der Waals surface area contributed by atoms with E-state index in [-0.39, 0.29) is 18.2 Å². The van der Waals surface area contributed by atoms with Gasteiger partial charge in [0.15, 0.2) is 0 Å². The average molecular weight is 209 g/mol. The summed E-state index contributed by atoms with van der Waals surface area (Å²) < 4.78 is 0. The summed E-state index contributed by atoms with van der Waals surface area (Å²) in [7, 11) is 0. The van der Waals surface area contributed by atoms with E-state index < -0.39 is 0 Å². The molecule has 84 valence electrons. The highest BCUT2D eigenvalue weighted by molar-refractivity contribution is 6.13. The van der Waals surface area contributed by atoms with Crippen molar-refractivity contribution in [3.05, 3.63) is 11.1 Å². The Morgan fingerprint density at radius 3 is 2.47 bits per heavy atom. The third-order valence-electron chi connectivity index (χ3n) is 3.01. The fourth-order valence-corrected chi connectivity index (χ4v) is 1.82. The van der Waals surface area contributed by atoms with Gasteiger partial charge in [-0.25, -0.2) is 0 Å². The third-order valence-corrected chi connectivity index (χ3v) is 3.01. The molecule has 0 aromatic carbocycles. The monoisotopic (exact) mass is 209 g/mol. The lowest BCUT2D eigenvalue weighted by Gasteiger charge is -2.12. The van der Waals surface area contributed by atoms with E-state index in [1.807, 2.05) is 6.92 Å². The van der Waals surface area contributed by atoms with Crippen LogP contribution < -0.4 is 5.32 Å². The molecule has 0 aromatic rings. The Bertz CT molecular complexity index is 305. The van der Waals surface area contributed by atoms with Gasteiger partial charge in [-0.2, -0.15) is 0 Å². The zero-order chi connectivity index (χ0) is 11.4. The van der Waals surface area contributed by atoms with Gasteiger partial charge in [0.25, 0.3) is 5.91 Å². The fraction of sp³-hybridized carbons (Fsp3) is 0.667. The molecule has 0 aliphatic carbocycles. The Hall–Kier alpha value is -1.12. The maximum atomic E-state index is 11.5. The molecule has 0 spiro atoms. The van der Waals surface area contributed by atoms with Gasteiger partial charge in [0.2, 0.25) is 5.91 Å². The summed E-state index contributed by atoms with van der Waals surface area (Å²) in [6.45, 7) is 6.36. The minimum atomic E-state index is -0.180. The minimum absolute atomic E-state index is 0.162. The van der Waals surface area contributed by atoms with E-state index in [9.17, 15) is 9.59 Å². The first kappa shape index (κ1) is 12.0. The molecule has 1 N–H and O–H groups in total. The van der Waals surface area contributed by atoms with Crippen molar-refractivity contribution in [1.29, 1.82) is 0 Å². The minimum Gasteiger partial charge on any atom is -0.292 e. The van der Waals surface area contributed by atoms with Crippen molar-refractivity contribution in [3.8, 4) is 0 Å². The molecule has 1 saturated heterocycles. The number of imide groups is 1. The predicted octanol–water partition coefficient (Wildman–Crippen LogP) is 2.18. The van der Waals surface area contributed by atoms with Crippen LogP contribution in [0.3, 0.4) is 0 Å². The van der Waals surface area contributed by atoms with Crippen LogP contribution in [-0.4, -0.2) is 11.8 Å². The van der Waals surface area contributed by atoms with Crippen LogP contribution in [0.5, 0.6) is 0 Å². The summed E-state index contributed by atoms with van der Waals surface area (Å²) in [5.74, 6) is 0.237. The molecule has 3 nitrogen and oxygen atoms in total. The molecule has 1 aliphatic heterocycles. The van der Waals surface area contributed by atoms with Gasteiger partial charge in [0, 0.05) is 5.57 Å². The standard InChI is InChI=1S/C12H19NO2/c1-4-8(3)6-9(5-2)10-7-11(14)13-12(10)15/h8H,4-7H2,1-3H3,(H,13,14,15). The quantitative estimate of drug-likeness (QED) is 0.569. The zero-order valence-corrected chi connectivity index (χ0v) is 9.72.